The highest BCUT2D eigenvalue weighted by molar-refractivity contribution is 6.36. The van der Waals surface area contributed by atoms with Crippen LogP contribution in [0.25, 0.3) is 10.9 Å². The lowest BCUT2D eigenvalue weighted by atomic mass is 10.1. The van der Waals surface area contributed by atoms with Crippen molar-refractivity contribution in [3.05, 3.63) is 44.5 Å². The van der Waals surface area contributed by atoms with Crippen molar-refractivity contribution in [2.45, 2.75) is 13.8 Å². The van der Waals surface area contributed by atoms with Crippen LogP contribution in [-0.2, 0) is 7.05 Å². The fourth-order valence-corrected chi connectivity index (χ4v) is 2.23. The van der Waals surface area contributed by atoms with Gasteiger partial charge in [-0.05, 0) is 25.5 Å². The Kier molecular flexibility index (Phi) is 2.50. The zero-order chi connectivity index (χ0) is 12.0. The molecule has 1 heterocycles. The molecule has 0 N–H and O–H groups in total. The van der Waals surface area contributed by atoms with Gasteiger partial charge >= 0.3 is 0 Å². The summed E-state index contributed by atoms with van der Waals surface area (Å²) in [6.45, 7) is 3.49. The van der Waals surface area contributed by atoms with E-state index < -0.39 is 5.82 Å². The Labute approximate surface area is 97.3 Å². The van der Waals surface area contributed by atoms with Gasteiger partial charge in [-0.1, -0.05) is 17.7 Å². The van der Waals surface area contributed by atoms with Crippen LogP contribution in [-0.4, -0.2) is 4.57 Å². The third-order valence-corrected chi connectivity index (χ3v) is 3.32. The van der Waals surface area contributed by atoms with Crippen LogP contribution < -0.4 is 5.56 Å². The number of fused-ring (bicyclic) bond motifs is 1. The predicted molar refractivity (Wildman–Crippen MR) is 63.6 cm³/mol. The molecule has 0 saturated carbocycles. The minimum absolute atomic E-state index is 0.262. The second kappa shape index (κ2) is 3.59. The van der Waals surface area contributed by atoms with Gasteiger partial charge < -0.3 is 4.57 Å². The van der Waals surface area contributed by atoms with E-state index in [9.17, 15) is 9.18 Å². The molecular formula is C12H11ClFNO. The number of nitrogens with zero attached hydrogens (tertiary/aromatic N) is 1. The normalized spacial score (nSPS) is 11.1. The maximum atomic E-state index is 13.7. The first-order chi connectivity index (χ1) is 7.45. The molecule has 0 amide bonds. The first-order valence-corrected chi connectivity index (χ1v) is 5.27. The lowest BCUT2D eigenvalue weighted by molar-refractivity contribution is 0.629. The summed E-state index contributed by atoms with van der Waals surface area (Å²) in [7, 11) is 1.55. The average molecular weight is 240 g/mol. The zero-order valence-corrected chi connectivity index (χ0v) is 10.0. The molecule has 2 rings (SSSR count). The Morgan fingerprint density at radius 2 is 1.94 bits per heavy atom. The average Bonchev–Trinajstić information content (AvgIpc) is 2.26. The summed E-state index contributed by atoms with van der Waals surface area (Å²) >= 11 is 6.10. The van der Waals surface area contributed by atoms with E-state index in [1.807, 2.05) is 6.92 Å². The second-order valence-corrected chi connectivity index (χ2v) is 4.27. The topological polar surface area (TPSA) is 22.0 Å². The van der Waals surface area contributed by atoms with E-state index in [0.29, 0.717) is 16.0 Å². The number of hydrogen-bond donors (Lipinski definition) is 0. The highest BCUT2D eigenvalue weighted by atomic mass is 35.5. The van der Waals surface area contributed by atoms with Crippen LogP contribution >= 0.6 is 11.6 Å². The molecule has 0 aliphatic rings. The van der Waals surface area contributed by atoms with Crippen LogP contribution in [0, 0.1) is 19.7 Å². The van der Waals surface area contributed by atoms with Crippen molar-refractivity contribution in [2.24, 2.45) is 7.05 Å². The second-order valence-electron chi connectivity index (χ2n) is 3.89. The van der Waals surface area contributed by atoms with Gasteiger partial charge in [-0.25, -0.2) is 4.39 Å². The van der Waals surface area contributed by atoms with Crippen LogP contribution in [0.15, 0.2) is 16.9 Å². The molecule has 0 unspecified atom stereocenters. The van der Waals surface area contributed by atoms with Crippen molar-refractivity contribution >= 4 is 22.5 Å². The van der Waals surface area contributed by atoms with Crippen LogP contribution in [0.2, 0.25) is 5.02 Å². The fraction of sp³-hybridized carbons (Fsp3) is 0.250. The molecule has 0 aliphatic carbocycles. The van der Waals surface area contributed by atoms with Gasteiger partial charge in [0.15, 0.2) is 0 Å². The summed E-state index contributed by atoms with van der Waals surface area (Å²) in [6.07, 6.45) is 0. The van der Waals surface area contributed by atoms with E-state index in [-0.39, 0.29) is 11.1 Å². The Morgan fingerprint density at radius 1 is 1.31 bits per heavy atom. The molecule has 0 radical (unpaired) electrons. The van der Waals surface area contributed by atoms with Crippen molar-refractivity contribution in [1.82, 2.24) is 4.57 Å². The number of benzene rings is 1. The lowest BCUT2D eigenvalue weighted by Gasteiger charge is -2.12. The number of aromatic nitrogens is 1. The molecular weight excluding hydrogens is 229 g/mol. The van der Waals surface area contributed by atoms with E-state index in [4.69, 9.17) is 11.6 Å². The Bertz CT molecular complexity index is 646. The monoisotopic (exact) mass is 239 g/mol. The Morgan fingerprint density at radius 3 is 2.56 bits per heavy atom. The predicted octanol–water partition coefficient (Wildman–Crippen LogP) is 2.95. The van der Waals surface area contributed by atoms with Crippen LogP contribution in [0.1, 0.15) is 11.1 Å². The Balaban J connectivity index is 3.20. The Hall–Kier alpha value is -1.35. The quantitative estimate of drug-likeness (QED) is 0.693. The first-order valence-electron chi connectivity index (χ1n) is 4.89. The highest BCUT2D eigenvalue weighted by Gasteiger charge is 2.14. The van der Waals surface area contributed by atoms with E-state index in [1.54, 1.807) is 20.0 Å². The number of hydrogen-bond acceptors (Lipinski definition) is 1. The zero-order valence-electron chi connectivity index (χ0n) is 9.27. The number of pyridine rings is 1. The molecule has 0 bridgehead atoms. The molecule has 0 atom stereocenters. The van der Waals surface area contributed by atoms with E-state index in [1.165, 1.54) is 10.6 Å². The number of aryl methyl sites for hydroxylation is 2. The van der Waals surface area contributed by atoms with Crippen molar-refractivity contribution in [3.8, 4) is 0 Å². The summed E-state index contributed by atoms with van der Waals surface area (Å²) in [5, 5.41) is 0.955. The molecule has 2 nitrogen and oxygen atoms in total. The molecule has 4 heteroatoms. The van der Waals surface area contributed by atoms with Crippen molar-refractivity contribution in [1.29, 1.82) is 0 Å². The maximum Gasteiger partial charge on any atom is 0.255 e. The molecule has 0 fully saturated rings. The summed E-state index contributed by atoms with van der Waals surface area (Å²) in [5.41, 5.74) is 1.31. The first kappa shape index (κ1) is 11.1. The number of rotatable bonds is 0. The smallest absolute Gasteiger partial charge is 0.255 e. The molecule has 2 aromatic rings. The van der Waals surface area contributed by atoms with Gasteiger partial charge in [0.1, 0.15) is 5.82 Å². The minimum Gasteiger partial charge on any atom is -0.308 e. The molecule has 0 saturated heterocycles. The van der Waals surface area contributed by atoms with Gasteiger partial charge in [0.05, 0.1) is 10.5 Å². The van der Waals surface area contributed by atoms with Gasteiger partial charge in [0.25, 0.3) is 5.56 Å². The molecule has 0 spiro atoms. The third kappa shape index (κ3) is 1.35. The van der Waals surface area contributed by atoms with Gasteiger partial charge in [0.2, 0.25) is 0 Å². The van der Waals surface area contributed by atoms with E-state index in [0.717, 1.165) is 5.56 Å². The van der Waals surface area contributed by atoms with Crippen LogP contribution in [0.4, 0.5) is 4.39 Å². The minimum atomic E-state index is -0.429. The van der Waals surface area contributed by atoms with E-state index >= 15 is 0 Å². The fourth-order valence-electron chi connectivity index (χ4n) is 1.91. The van der Waals surface area contributed by atoms with Gasteiger partial charge in [0, 0.05) is 18.0 Å². The SMILES string of the molecule is Cc1c(Cl)c2c(C)ccc(F)c2n(C)c1=O. The molecule has 0 aliphatic heterocycles. The summed E-state index contributed by atoms with van der Waals surface area (Å²) in [6, 6.07) is 3.01. The molecule has 84 valence electrons. The van der Waals surface area contributed by atoms with Gasteiger partial charge in [-0.15, -0.1) is 0 Å². The van der Waals surface area contributed by atoms with Crippen LogP contribution in [0.3, 0.4) is 0 Å². The summed E-state index contributed by atoms with van der Waals surface area (Å²) in [4.78, 5) is 11.8. The summed E-state index contributed by atoms with van der Waals surface area (Å²) in [5.74, 6) is -0.429. The third-order valence-electron chi connectivity index (χ3n) is 2.85. The maximum absolute atomic E-state index is 13.7. The molecule has 1 aromatic heterocycles. The molecule has 1 aromatic carbocycles. The summed E-state index contributed by atoms with van der Waals surface area (Å²) < 4.78 is 15.0. The van der Waals surface area contributed by atoms with Crippen LogP contribution in [0.5, 0.6) is 0 Å². The molecule has 16 heavy (non-hydrogen) atoms. The van der Waals surface area contributed by atoms with Gasteiger partial charge in [-0.3, -0.25) is 4.79 Å². The largest absolute Gasteiger partial charge is 0.308 e. The van der Waals surface area contributed by atoms with Crippen molar-refractivity contribution in [3.63, 3.8) is 0 Å². The highest BCUT2D eigenvalue weighted by Crippen LogP contribution is 2.28. The van der Waals surface area contributed by atoms with Crippen molar-refractivity contribution in [2.75, 3.05) is 0 Å². The van der Waals surface area contributed by atoms with Gasteiger partial charge in [-0.2, -0.15) is 0 Å². The standard InChI is InChI=1S/C12H11ClFNO/c1-6-4-5-8(14)11-9(6)10(13)7(2)12(16)15(11)3/h4-5H,1-3H3. The van der Waals surface area contributed by atoms with Crippen molar-refractivity contribution < 1.29 is 4.39 Å². The lowest BCUT2D eigenvalue weighted by Crippen LogP contribution is -2.21. The number of halogens is 2. The van der Waals surface area contributed by atoms with E-state index in [2.05, 4.69) is 0 Å².